The van der Waals surface area contributed by atoms with Crippen molar-refractivity contribution in [2.45, 2.75) is 43.3 Å². The van der Waals surface area contributed by atoms with Gasteiger partial charge in [0, 0.05) is 0 Å². The fourth-order valence-corrected chi connectivity index (χ4v) is 5.87. The van der Waals surface area contributed by atoms with Crippen molar-refractivity contribution in [1.29, 1.82) is 0 Å². The Balaban J connectivity index is 1.73. The van der Waals surface area contributed by atoms with Crippen LogP contribution in [0, 0.1) is 0 Å². The molecule has 1 heteroatoms. The summed E-state index contributed by atoms with van der Waals surface area (Å²) in [6.45, 7) is 0. The highest BCUT2D eigenvalue weighted by Gasteiger charge is 2.64. The minimum atomic E-state index is -0.437. The second-order valence-electron chi connectivity index (χ2n) is 8.26. The standard InChI is InChI=1S/C27H24O/c1-4-12-20(13-5-1)26-22-16-8-3-9-17-23(22)27(28-26,21-14-6-2-7-15-21)25-19-11-10-18-24(25)26/h1-2,4-7,10-15,18-19H,3,8-9,16-17H2. The summed E-state index contributed by atoms with van der Waals surface area (Å²) < 4.78 is 7.32. The molecular formula is C27H24O. The Morgan fingerprint density at radius 1 is 0.500 bits per heavy atom. The van der Waals surface area contributed by atoms with Gasteiger partial charge in [-0.2, -0.15) is 0 Å². The molecule has 3 aromatic carbocycles. The van der Waals surface area contributed by atoms with Crippen molar-refractivity contribution in [2.75, 3.05) is 0 Å². The average molecular weight is 364 g/mol. The zero-order valence-electron chi connectivity index (χ0n) is 16.0. The van der Waals surface area contributed by atoms with E-state index in [-0.39, 0.29) is 0 Å². The summed E-state index contributed by atoms with van der Waals surface area (Å²) >= 11 is 0. The lowest BCUT2D eigenvalue weighted by Crippen LogP contribution is -2.28. The van der Waals surface area contributed by atoms with E-state index in [9.17, 15) is 0 Å². The van der Waals surface area contributed by atoms with E-state index in [2.05, 4.69) is 84.9 Å². The Bertz CT molecular complexity index is 981. The molecule has 1 aliphatic carbocycles. The lowest BCUT2D eigenvalue weighted by molar-refractivity contribution is -0.0349. The van der Waals surface area contributed by atoms with Gasteiger partial charge in [-0.3, -0.25) is 0 Å². The second kappa shape index (κ2) is 5.93. The first-order valence-corrected chi connectivity index (χ1v) is 10.5. The molecule has 2 unspecified atom stereocenters. The average Bonchev–Trinajstić information content (AvgIpc) is 3.10. The summed E-state index contributed by atoms with van der Waals surface area (Å²) in [6.07, 6.45) is 6.08. The smallest absolute Gasteiger partial charge is 0.142 e. The van der Waals surface area contributed by atoms with Gasteiger partial charge in [-0.1, -0.05) is 91.3 Å². The number of hydrogen-bond acceptors (Lipinski definition) is 1. The summed E-state index contributed by atoms with van der Waals surface area (Å²) in [5.41, 5.74) is 7.40. The molecule has 1 nitrogen and oxygen atoms in total. The molecular weight excluding hydrogens is 340 g/mol. The van der Waals surface area contributed by atoms with Crippen LogP contribution in [-0.2, 0) is 15.9 Å². The Morgan fingerprint density at radius 3 is 1.39 bits per heavy atom. The maximum absolute atomic E-state index is 7.32. The van der Waals surface area contributed by atoms with Crippen molar-refractivity contribution < 1.29 is 4.74 Å². The molecule has 0 saturated heterocycles. The second-order valence-corrected chi connectivity index (χ2v) is 8.26. The van der Waals surface area contributed by atoms with E-state index in [0.717, 1.165) is 12.8 Å². The number of hydrogen-bond donors (Lipinski definition) is 0. The Kier molecular flexibility index (Phi) is 3.46. The molecule has 28 heavy (non-hydrogen) atoms. The largest absolute Gasteiger partial charge is 0.341 e. The van der Waals surface area contributed by atoms with E-state index in [1.165, 1.54) is 52.7 Å². The van der Waals surface area contributed by atoms with Gasteiger partial charge in [0.1, 0.15) is 11.2 Å². The maximum Gasteiger partial charge on any atom is 0.142 e. The van der Waals surface area contributed by atoms with Crippen molar-refractivity contribution in [2.24, 2.45) is 0 Å². The van der Waals surface area contributed by atoms with Crippen LogP contribution in [0.5, 0.6) is 0 Å². The van der Waals surface area contributed by atoms with E-state index in [0.29, 0.717) is 0 Å². The summed E-state index contributed by atoms with van der Waals surface area (Å²) in [4.78, 5) is 0. The molecule has 0 N–H and O–H groups in total. The molecule has 138 valence electrons. The summed E-state index contributed by atoms with van der Waals surface area (Å²) in [5, 5.41) is 0. The lowest BCUT2D eigenvalue weighted by Gasteiger charge is -2.32. The normalized spacial score (nSPS) is 28.0. The third-order valence-electron chi connectivity index (χ3n) is 6.92. The van der Waals surface area contributed by atoms with Crippen LogP contribution in [0.25, 0.3) is 0 Å². The van der Waals surface area contributed by atoms with Crippen LogP contribution in [-0.4, -0.2) is 0 Å². The van der Waals surface area contributed by atoms with E-state index in [1.807, 2.05) is 0 Å². The molecule has 0 spiro atoms. The van der Waals surface area contributed by atoms with Gasteiger partial charge >= 0.3 is 0 Å². The molecule has 3 aromatic rings. The molecule has 6 rings (SSSR count). The van der Waals surface area contributed by atoms with E-state index < -0.39 is 11.2 Å². The van der Waals surface area contributed by atoms with E-state index >= 15 is 0 Å². The monoisotopic (exact) mass is 364 g/mol. The molecule has 2 bridgehead atoms. The Labute approximate surface area is 166 Å². The Morgan fingerprint density at radius 2 is 0.929 bits per heavy atom. The van der Waals surface area contributed by atoms with Crippen LogP contribution >= 0.6 is 0 Å². The molecule has 3 aliphatic rings. The third-order valence-corrected chi connectivity index (χ3v) is 6.92. The Hall–Kier alpha value is -2.64. The lowest BCUT2D eigenvalue weighted by atomic mass is 9.67. The maximum atomic E-state index is 7.32. The van der Waals surface area contributed by atoms with Gasteiger partial charge in [0.05, 0.1) is 0 Å². The minimum Gasteiger partial charge on any atom is -0.341 e. The molecule has 2 aliphatic heterocycles. The fraction of sp³-hybridized carbons (Fsp3) is 0.259. The molecule has 2 atom stereocenters. The highest BCUT2D eigenvalue weighted by molar-refractivity contribution is 5.67. The van der Waals surface area contributed by atoms with Crippen LogP contribution in [0.15, 0.2) is 96.1 Å². The van der Waals surface area contributed by atoms with Crippen LogP contribution in [0.3, 0.4) is 0 Å². The van der Waals surface area contributed by atoms with Crippen molar-refractivity contribution >= 4 is 0 Å². The highest BCUT2D eigenvalue weighted by Crippen LogP contribution is 2.67. The van der Waals surface area contributed by atoms with Gasteiger partial charge in [-0.05, 0) is 59.1 Å². The van der Waals surface area contributed by atoms with Gasteiger partial charge in [0.25, 0.3) is 0 Å². The van der Waals surface area contributed by atoms with Gasteiger partial charge in [0.15, 0.2) is 0 Å². The zero-order valence-corrected chi connectivity index (χ0v) is 16.0. The van der Waals surface area contributed by atoms with Crippen LogP contribution in [0.2, 0.25) is 0 Å². The molecule has 0 aromatic heterocycles. The van der Waals surface area contributed by atoms with E-state index in [4.69, 9.17) is 4.74 Å². The van der Waals surface area contributed by atoms with Crippen molar-refractivity contribution in [3.63, 3.8) is 0 Å². The molecule has 0 saturated carbocycles. The SMILES string of the molecule is c1ccc(C23OC(c4ccccc4)(C4=C2CCCCC4)c2ccccc23)cc1. The minimum absolute atomic E-state index is 0.437. The molecule has 0 radical (unpaired) electrons. The van der Waals surface area contributed by atoms with Gasteiger partial charge < -0.3 is 4.74 Å². The topological polar surface area (TPSA) is 9.23 Å². The van der Waals surface area contributed by atoms with Gasteiger partial charge in [0.2, 0.25) is 0 Å². The summed E-state index contributed by atoms with van der Waals surface area (Å²) in [6, 6.07) is 30.7. The summed E-state index contributed by atoms with van der Waals surface area (Å²) in [7, 11) is 0. The van der Waals surface area contributed by atoms with Crippen LogP contribution in [0.1, 0.15) is 54.4 Å². The first-order valence-electron chi connectivity index (χ1n) is 10.5. The number of ether oxygens (including phenoxy) is 1. The fourth-order valence-electron chi connectivity index (χ4n) is 5.87. The summed E-state index contributed by atoms with van der Waals surface area (Å²) in [5.74, 6) is 0. The van der Waals surface area contributed by atoms with Crippen LogP contribution in [0.4, 0.5) is 0 Å². The highest BCUT2D eigenvalue weighted by atomic mass is 16.5. The van der Waals surface area contributed by atoms with Gasteiger partial charge in [-0.25, -0.2) is 0 Å². The first kappa shape index (κ1) is 16.3. The predicted octanol–water partition coefficient (Wildman–Crippen LogP) is 6.48. The number of rotatable bonds is 2. The first-order chi connectivity index (χ1) is 13.9. The zero-order chi connectivity index (χ0) is 18.6. The quantitative estimate of drug-likeness (QED) is 0.473. The van der Waals surface area contributed by atoms with Gasteiger partial charge in [-0.15, -0.1) is 0 Å². The molecule has 2 heterocycles. The molecule has 0 amide bonds. The number of benzene rings is 3. The third kappa shape index (κ3) is 1.90. The molecule has 0 fully saturated rings. The van der Waals surface area contributed by atoms with Crippen LogP contribution < -0.4 is 0 Å². The van der Waals surface area contributed by atoms with Crippen molar-refractivity contribution in [3.05, 3.63) is 118 Å². The number of fused-ring (bicyclic) bond motifs is 7. The predicted molar refractivity (Wildman–Crippen MR) is 112 cm³/mol. The van der Waals surface area contributed by atoms with Crippen molar-refractivity contribution in [1.82, 2.24) is 0 Å². The van der Waals surface area contributed by atoms with E-state index in [1.54, 1.807) is 0 Å². The van der Waals surface area contributed by atoms with Crippen molar-refractivity contribution in [3.8, 4) is 0 Å².